The molecule has 2 N–H and O–H groups in total. The van der Waals surface area contributed by atoms with Gasteiger partial charge in [-0.3, -0.25) is 14.5 Å². The standard InChI is InChI=1S/C24H34N4O3/c1-23(2)21(30)28(22(31)26-23)16-20(29)25-19-10-14-27(15-11-19)17-24(12-6-7-13-24)18-8-4-3-5-9-18/h3-5,8-9,19H,6-7,10-17H2,1-2H3,(H,25,29)(H,26,31). The molecule has 2 heterocycles. The van der Waals surface area contributed by atoms with Crippen LogP contribution in [0.3, 0.4) is 0 Å². The third-order valence-corrected chi connectivity index (χ3v) is 7.17. The van der Waals surface area contributed by atoms with Gasteiger partial charge < -0.3 is 15.5 Å². The molecule has 4 amide bonds. The maximum Gasteiger partial charge on any atom is 0.325 e. The molecule has 4 rings (SSSR count). The average Bonchev–Trinajstić information content (AvgIpc) is 3.29. The molecule has 31 heavy (non-hydrogen) atoms. The summed E-state index contributed by atoms with van der Waals surface area (Å²) in [6, 6.07) is 10.5. The van der Waals surface area contributed by atoms with E-state index in [4.69, 9.17) is 0 Å². The van der Waals surface area contributed by atoms with Crippen molar-refractivity contribution in [1.82, 2.24) is 20.4 Å². The van der Waals surface area contributed by atoms with Crippen LogP contribution in [0, 0.1) is 0 Å². The summed E-state index contributed by atoms with van der Waals surface area (Å²) >= 11 is 0. The van der Waals surface area contributed by atoms with Crippen molar-refractivity contribution in [2.24, 2.45) is 0 Å². The highest BCUT2D eigenvalue weighted by molar-refractivity contribution is 6.08. The Balaban J connectivity index is 1.28. The first kappa shape index (κ1) is 21.8. The molecule has 168 valence electrons. The summed E-state index contributed by atoms with van der Waals surface area (Å²) in [5.74, 6) is -0.624. The predicted molar refractivity (Wildman–Crippen MR) is 119 cm³/mol. The smallest absolute Gasteiger partial charge is 0.325 e. The fraction of sp³-hybridized carbons (Fsp3) is 0.625. The Morgan fingerprint density at radius 3 is 2.32 bits per heavy atom. The lowest BCUT2D eigenvalue weighted by molar-refractivity contribution is -0.134. The molecule has 1 saturated carbocycles. The molecule has 0 unspecified atom stereocenters. The van der Waals surface area contributed by atoms with Crippen LogP contribution in [-0.4, -0.2) is 65.4 Å². The maximum absolute atomic E-state index is 12.5. The second-order valence-electron chi connectivity index (χ2n) is 9.92. The number of rotatable bonds is 6. The van der Waals surface area contributed by atoms with E-state index in [1.807, 2.05) is 0 Å². The van der Waals surface area contributed by atoms with Crippen molar-refractivity contribution >= 4 is 17.8 Å². The second kappa shape index (κ2) is 8.61. The van der Waals surface area contributed by atoms with Crippen LogP contribution in [0.25, 0.3) is 0 Å². The van der Waals surface area contributed by atoms with Gasteiger partial charge in [-0.2, -0.15) is 0 Å². The van der Waals surface area contributed by atoms with E-state index in [0.717, 1.165) is 37.4 Å². The van der Waals surface area contributed by atoms with Gasteiger partial charge in [0.2, 0.25) is 5.91 Å². The quantitative estimate of drug-likeness (QED) is 0.685. The van der Waals surface area contributed by atoms with E-state index in [-0.39, 0.29) is 29.8 Å². The number of nitrogens with one attached hydrogen (secondary N) is 2. The molecule has 3 aliphatic rings. The fourth-order valence-electron chi connectivity index (χ4n) is 5.42. The number of likely N-dealkylation sites (tertiary alicyclic amines) is 1. The average molecular weight is 427 g/mol. The number of amides is 4. The van der Waals surface area contributed by atoms with E-state index in [9.17, 15) is 14.4 Å². The summed E-state index contributed by atoms with van der Waals surface area (Å²) in [5.41, 5.74) is 0.769. The minimum absolute atomic E-state index is 0.0915. The Bertz CT molecular complexity index is 824. The minimum Gasteiger partial charge on any atom is -0.352 e. The van der Waals surface area contributed by atoms with Crippen LogP contribution in [0.2, 0.25) is 0 Å². The number of hydrogen-bond acceptors (Lipinski definition) is 4. The highest BCUT2D eigenvalue weighted by Gasteiger charge is 2.45. The first-order valence-corrected chi connectivity index (χ1v) is 11.5. The number of carbonyl (C=O) groups excluding carboxylic acids is 3. The van der Waals surface area contributed by atoms with E-state index in [1.54, 1.807) is 13.8 Å². The van der Waals surface area contributed by atoms with Crippen LogP contribution in [0.5, 0.6) is 0 Å². The largest absolute Gasteiger partial charge is 0.352 e. The molecule has 1 aliphatic carbocycles. The van der Waals surface area contributed by atoms with E-state index >= 15 is 0 Å². The summed E-state index contributed by atoms with van der Waals surface area (Å²) in [7, 11) is 0. The van der Waals surface area contributed by atoms with E-state index in [2.05, 4.69) is 45.9 Å². The van der Waals surface area contributed by atoms with Gasteiger partial charge in [0.25, 0.3) is 5.91 Å². The van der Waals surface area contributed by atoms with E-state index in [1.165, 1.54) is 31.2 Å². The van der Waals surface area contributed by atoms with Crippen LogP contribution in [0.15, 0.2) is 30.3 Å². The van der Waals surface area contributed by atoms with E-state index in [0.29, 0.717) is 0 Å². The summed E-state index contributed by atoms with van der Waals surface area (Å²) in [4.78, 5) is 40.3. The predicted octanol–water partition coefficient (Wildman–Crippen LogP) is 2.41. The zero-order valence-electron chi connectivity index (χ0n) is 18.7. The number of nitrogens with zero attached hydrogens (tertiary/aromatic N) is 2. The molecule has 0 bridgehead atoms. The number of imide groups is 1. The third kappa shape index (κ3) is 4.61. The number of hydrogen-bond donors (Lipinski definition) is 2. The number of benzene rings is 1. The van der Waals surface area contributed by atoms with Crippen molar-refractivity contribution in [2.75, 3.05) is 26.2 Å². The van der Waals surface area contributed by atoms with Crippen LogP contribution in [0.4, 0.5) is 4.79 Å². The van der Waals surface area contributed by atoms with Crippen molar-refractivity contribution in [3.05, 3.63) is 35.9 Å². The van der Waals surface area contributed by atoms with Gasteiger partial charge in [0, 0.05) is 31.1 Å². The molecule has 0 aromatic heterocycles. The minimum atomic E-state index is -0.947. The van der Waals surface area contributed by atoms with Gasteiger partial charge in [0.15, 0.2) is 0 Å². The zero-order valence-corrected chi connectivity index (χ0v) is 18.7. The van der Waals surface area contributed by atoms with Gasteiger partial charge in [0.05, 0.1) is 0 Å². The molecule has 2 aliphatic heterocycles. The van der Waals surface area contributed by atoms with Gasteiger partial charge in [-0.15, -0.1) is 0 Å². The SMILES string of the molecule is CC1(C)NC(=O)N(CC(=O)NC2CCN(CC3(c4ccccc4)CCCC3)CC2)C1=O. The fourth-order valence-corrected chi connectivity index (χ4v) is 5.42. The first-order valence-electron chi connectivity index (χ1n) is 11.5. The summed E-state index contributed by atoms with van der Waals surface area (Å²) in [6.45, 7) is 6.06. The zero-order chi connectivity index (χ0) is 22.1. The molecule has 1 aromatic rings. The van der Waals surface area contributed by atoms with E-state index < -0.39 is 11.6 Å². The van der Waals surface area contributed by atoms with Crippen LogP contribution in [-0.2, 0) is 15.0 Å². The van der Waals surface area contributed by atoms with Gasteiger partial charge >= 0.3 is 6.03 Å². The molecule has 7 heteroatoms. The monoisotopic (exact) mass is 426 g/mol. The number of piperidine rings is 1. The van der Waals surface area contributed by atoms with Crippen LogP contribution < -0.4 is 10.6 Å². The van der Waals surface area contributed by atoms with Gasteiger partial charge in [0.1, 0.15) is 12.1 Å². The van der Waals surface area contributed by atoms with Crippen LogP contribution >= 0.6 is 0 Å². The molecule has 3 fully saturated rings. The molecule has 0 spiro atoms. The Morgan fingerprint density at radius 1 is 1.10 bits per heavy atom. The molecule has 0 radical (unpaired) electrons. The lowest BCUT2D eigenvalue weighted by atomic mass is 9.78. The number of carbonyl (C=O) groups is 3. The first-order chi connectivity index (χ1) is 14.8. The lowest BCUT2D eigenvalue weighted by Crippen LogP contribution is -2.50. The van der Waals surface area contributed by atoms with Gasteiger partial charge in [-0.25, -0.2) is 4.79 Å². The number of urea groups is 1. The Labute approximate surface area is 184 Å². The van der Waals surface area contributed by atoms with Crippen molar-refractivity contribution in [3.63, 3.8) is 0 Å². The Hall–Kier alpha value is -2.41. The maximum atomic E-state index is 12.5. The lowest BCUT2D eigenvalue weighted by Gasteiger charge is -2.39. The molecular weight excluding hydrogens is 392 g/mol. The molecule has 0 atom stereocenters. The molecule has 2 saturated heterocycles. The van der Waals surface area contributed by atoms with Crippen molar-refractivity contribution in [1.29, 1.82) is 0 Å². The Kier molecular flexibility index (Phi) is 6.06. The summed E-state index contributed by atoms with van der Waals surface area (Å²) < 4.78 is 0. The molecule has 7 nitrogen and oxygen atoms in total. The normalized spacial score (nSPS) is 23.7. The van der Waals surface area contributed by atoms with Crippen LogP contribution in [0.1, 0.15) is 57.9 Å². The highest BCUT2D eigenvalue weighted by atomic mass is 16.2. The Morgan fingerprint density at radius 2 is 1.74 bits per heavy atom. The second-order valence-corrected chi connectivity index (χ2v) is 9.92. The topological polar surface area (TPSA) is 81.8 Å². The highest BCUT2D eigenvalue weighted by Crippen LogP contribution is 2.42. The summed E-state index contributed by atoms with van der Waals surface area (Å²) in [5, 5.41) is 5.64. The molecule has 1 aromatic carbocycles. The molecular formula is C24H34N4O3. The third-order valence-electron chi connectivity index (χ3n) is 7.17. The van der Waals surface area contributed by atoms with Crippen molar-refractivity contribution in [2.45, 2.75) is 69.4 Å². The van der Waals surface area contributed by atoms with Gasteiger partial charge in [-0.1, -0.05) is 43.2 Å². The van der Waals surface area contributed by atoms with Gasteiger partial charge in [-0.05, 0) is 45.1 Å². The van der Waals surface area contributed by atoms with Crippen molar-refractivity contribution < 1.29 is 14.4 Å². The summed E-state index contributed by atoms with van der Waals surface area (Å²) in [6.07, 6.45) is 6.86. The van der Waals surface area contributed by atoms with Crippen molar-refractivity contribution in [3.8, 4) is 0 Å².